The molecule has 4 aliphatic heterocycles. The number of hydrogen-bond acceptors (Lipinski definition) is 28. The molecule has 120 heavy (non-hydrogen) atoms. The van der Waals surface area contributed by atoms with Crippen LogP contribution in [0.2, 0.25) is 50.2 Å². The topological polar surface area (TPSA) is 383 Å². The molecule has 0 saturated heterocycles. The van der Waals surface area contributed by atoms with Crippen molar-refractivity contribution in [2.75, 3.05) is 108 Å². The van der Waals surface area contributed by atoms with E-state index in [9.17, 15) is 0 Å². The first-order valence-electron chi connectivity index (χ1n) is 36.7. The molecule has 13 heterocycles. The molecular formula is C81H72Cl10N20O6S3. The van der Waals surface area contributed by atoms with Crippen LogP contribution >= 0.6 is 150 Å². The zero-order valence-corrected chi connectivity index (χ0v) is 74.4. The maximum atomic E-state index is 6.55. The van der Waals surface area contributed by atoms with Gasteiger partial charge in [-0.25, -0.2) is 44.9 Å². The van der Waals surface area contributed by atoms with Gasteiger partial charge >= 0.3 is 0 Å². The first-order valence-corrected chi connectivity index (χ1v) is 42.9. The first kappa shape index (κ1) is 86.6. The summed E-state index contributed by atoms with van der Waals surface area (Å²) >= 11 is 67.9. The molecule has 39 heteroatoms. The van der Waals surface area contributed by atoms with Gasteiger partial charge in [0.1, 0.15) is 67.1 Å². The summed E-state index contributed by atoms with van der Waals surface area (Å²) in [5.41, 5.74) is 48.9. The van der Waals surface area contributed by atoms with Gasteiger partial charge in [0.25, 0.3) is 0 Å². The minimum Gasteiger partial charge on any atom is -0.493 e. The second-order valence-corrected chi connectivity index (χ2v) is 34.1. The Morgan fingerprint density at radius 3 is 1.37 bits per heavy atom. The number of aromatic amines is 1. The van der Waals surface area contributed by atoms with Gasteiger partial charge in [0.2, 0.25) is 29.7 Å². The van der Waals surface area contributed by atoms with Crippen molar-refractivity contribution in [2.45, 2.75) is 39.5 Å². The van der Waals surface area contributed by atoms with E-state index >= 15 is 0 Å². The molecule has 14 aromatic rings. The van der Waals surface area contributed by atoms with Crippen molar-refractivity contribution in [2.24, 2.45) is 5.73 Å². The smallest absolute Gasteiger partial charge is 0.222 e. The number of nitrogen functional groups attached to an aromatic ring is 5. The fraction of sp³-hybridized carbons (Fsp3) is 0.210. The Hall–Kier alpha value is -9.80. The van der Waals surface area contributed by atoms with Crippen LogP contribution in [0.25, 0.3) is 115 Å². The summed E-state index contributed by atoms with van der Waals surface area (Å²) in [6.07, 6.45) is 4.65. The lowest BCUT2D eigenvalue weighted by atomic mass is 10.00. The number of ether oxygens (including phenoxy) is 6. The van der Waals surface area contributed by atoms with Gasteiger partial charge in [-0.1, -0.05) is 136 Å². The number of hydrogen-bond donors (Lipinski definition) is 9. The van der Waals surface area contributed by atoms with E-state index in [4.69, 9.17) is 179 Å². The van der Waals surface area contributed by atoms with Gasteiger partial charge in [-0.2, -0.15) is 4.98 Å². The van der Waals surface area contributed by atoms with Crippen LogP contribution in [0.15, 0.2) is 92.7 Å². The summed E-state index contributed by atoms with van der Waals surface area (Å²) in [5, 5.41) is 13.7. The van der Waals surface area contributed by atoms with Crippen molar-refractivity contribution in [3.05, 3.63) is 180 Å². The lowest BCUT2D eigenvalue weighted by molar-refractivity contribution is 0.261. The maximum Gasteiger partial charge on any atom is 0.222 e. The SMILES string of the molecule is C=C(N)c1cc2c(-c3c(Cl)cc(Cl)c4c3CCO4)nc(N)nc2s1.C=C(NCC)c1cc2c(-c3c(Cl)cc(Cl)c4c3CCO4)nc(N)nc2s1.C=C(OCC)c1cc2c(-c3c(Cl)cc(Cl)c4c3CCO4)nc(N)nc2s1.CN(C)CCOc1cc(-c2nc(N)nc3cc[nH]c23)c(Cl)cc1Cl.CNc1cc(-c2c(Cl)cc(Cl)c3c2CCO3)nc(N)n1. The Bertz CT molecular complexity index is 6280. The number of aromatic nitrogens is 11. The summed E-state index contributed by atoms with van der Waals surface area (Å²) in [6.45, 7) is 20.7. The quantitative estimate of drug-likeness (QED) is 0.0382. The molecule has 0 radical (unpaired) electrons. The molecule has 9 aromatic heterocycles. The van der Waals surface area contributed by atoms with Crippen molar-refractivity contribution in [1.29, 1.82) is 0 Å². The van der Waals surface area contributed by atoms with Crippen LogP contribution in [0.1, 0.15) is 50.7 Å². The van der Waals surface area contributed by atoms with Crippen molar-refractivity contribution in [3.8, 4) is 85.0 Å². The van der Waals surface area contributed by atoms with E-state index in [1.54, 1.807) is 55.7 Å². The number of anilines is 6. The minimum atomic E-state index is 0.173. The first-order chi connectivity index (χ1) is 57.5. The molecule has 0 spiro atoms. The highest BCUT2D eigenvalue weighted by atomic mass is 35.5. The number of nitrogens with zero attached hydrogens (tertiary/aromatic N) is 11. The molecule has 0 amide bonds. The third-order valence-corrected chi connectivity index (χ3v) is 25.0. The molecule has 26 nitrogen and oxygen atoms in total. The van der Waals surface area contributed by atoms with E-state index < -0.39 is 0 Å². The van der Waals surface area contributed by atoms with Gasteiger partial charge in [-0.05, 0) is 88.6 Å². The molecule has 0 fully saturated rings. The van der Waals surface area contributed by atoms with Gasteiger partial charge in [0.05, 0.1) is 132 Å². The second-order valence-electron chi connectivity index (χ2n) is 27.0. The van der Waals surface area contributed by atoms with Crippen LogP contribution in [-0.4, -0.2) is 134 Å². The van der Waals surface area contributed by atoms with Crippen molar-refractivity contribution in [3.63, 3.8) is 0 Å². The normalized spacial score (nSPS) is 12.6. The van der Waals surface area contributed by atoms with E-state index in [2.05, 4.69) is 85.2 Å². The van der Waals surface area contributed by atoms with Crippen LogP contribution < -0.4 is 68.7 Å². The van der Waals surface area contributed by atoms with Crippen molar-refractivity contribution < 1.29 is 28.4 Å². The number of nitrogens with two attached hydrogens (primary N) is 6. The molecule has 0 unspecified atom stereocenters. The summed E-state index contributed by atoms with van der Waals surface area (Å²) in [7, 11) is 5.72. The van der Waals surface area contributed by atoms with E-state index in [1.807, 2.05) is 57.1 Å². The van der Waals surface area contributed by atoms with Gasteiger partial charge in [0, 0.05) is 136 Å². The monoisotopic (exact) mass is 1870 g/mol. The highest BCUT2D eigenvalue weighted by Crippen LogP contribution is 2.52. The van der Waals surface area contributed by atoms with Gasteiger partial charge in [0.15, 0.2) is 0 Å². The lowest BCUT2D eigenvalue weighted by Gasteiger charge is -2.14. The predicted octanol–water partition coefficient (Wildman–Crippen LogP) is 20.5. The Morgan fingerprint density at radius 2 is 0.908 bits per heavy atom. The Labute approximate surface area is 749 Å². The number of fused-ring (bicyclic) bond motifs is 8. The van der Waals surface area contributed by atoms with E-state index in [0.29, 0.717) is 183 Å². The van der Waals surface area contributed by atoms with E-state index in [1.165, 1.54) is 34.0 Å². The number of halogens is 10. The second kappa shape index (κ2) is 36.9. The van der Waals surface area contributed by atoms with Gasteiger partial charge < -0.3 is 83.3 Å². The highest BCUT2D eigenvalue weighted by Gasteiger charge is 2.32. The summed E-state index contributed by atoms with van der Waals surface area (Å²) < 4.78 is 33.8. The number of nitrogens with one attached hydrogen (secondary N) is 3. The highest BCUT2D eigenvalue weighted by molar-refractivity contribution is 7.20. The largest absolute Gasteiger partial charge is 0.493 e. The molecule has 18 rings (SSSR count). The number of rotatable bonds is 17. The molecule has 620 valence electrons. The molecule has 0 atom stereocenters. The van der Waals surface area contributed by atoms with Crippen LogP contribution in [0.5, 0.6) is 28.7 Å². The third-order valence-electron chi connectivity index (χ3n) is 18.8. The third kappa shape index (κ3) is 18.1. The number of benzene rings is 5. The average molecular weight is 1870 g/mol. The number of H-pyrrole nitrogens is 1. The lowest BCUT2D eigenvalue weighted by Crippen LogP contribution is -2.19. The van der Waals surface area contributed by atoms with Gasteiger partial charge in [-0.15, -0.1) is 34.0 Å². The summed E-state index contributed by atoms with van der Waals surface area (Å²) in [4.78, 5) is 53.4. The van der Waals surface area contributed by atoms with Crippen LogP contribution in [-0.2, 0) is 30.4 Å². The van der Waals surface area contributed by atoms with Crippen LogP contribution in [0.4, 0.5) is 35.6 Å². The van der Waals surface area contributed by atoms with Crippen LogP contribution in [0.3, 0.4) is 0 Å². The molecule has 4 aliphatic rings. The molecule has 0 bridgehead atoms. The predicted molar refractivity (Wildman–Crippen MR) is 494 cm³/mol. The maximum absolute atomic E-state index is 6.55. The summed E-state index contributed by atoms with van der Waals surface area (Å²) in [5.74, 6) is 5.35. The Kier molecular flexibility index (Phi) is 26.6. The summed E-state index contributed by atoms with van der Waals surface area (Å²) in [6, 6.07) is 19.6. The van der Waals surface area contributed by atoms with E-state index in [-0.39, 0.29) is 29.7 Å². The average Bonchev–Trinajstić information content (AvgIpc) is 1.56. The Balaban J connectivity index is 0.000000123. The fourth-order valence-corrected chi connectivity index (χ4v) is 19.7. The van der Waals surface area contributed by atoms with Gasteiger partial charge in [-0.3, -0.25) is 0 Å². The number of thiophene rings is 3. The molecule has 0 saturated carbocycles. The molecule has 15 N–H and O–H groups in total. The number of likely N-dealkylation sites (N-methyl/N-ethyl adjacent to an activating group) is 1. The fourth-order valence-electron chi connectivity index (χ4n) is 13.7. The molecule has 0 aliphatic carbocycles. The Morgan fingerprint density at radius 1 is 0.492 bits per heavy atom. The van der Waals surface area contributed by atoms with E-state index in [0.717, 1.165) is 132 Å². The van der Waals surface area contributed by atoms with Crippen LogP contribution in [0, 0.1) is 0 Å². The van der Waals surface area contributed by atoms with Crippen molar-refractivity contribution in [1.82, 2.24) is 65.0 Å². The standard InChI is InChI=1S/C18H16Cl2N4OS.C18H15Cl2N3O2S.C16H17Cl2N5O.C16H12Cl2N4OS.C13H12Cl2N4O/c1-3-22-8(2)13-6-10-15(23-18(21)24-17(10)26-13)14-9-4-5-25-16(9)12(20)7-11(14)19;1-3-24-8(2)13-6-10-15(22-18(21)23-17(10)26-13)14-9-4-5-25-16(9)12(20)7-11(14)19;1-23(2)5-6-24-13-7-9(10(17)8-11(13)18)14-15-12(3-4-20-15)21-16(19)22-14;1-6(19)11-4-8-13(21-16(20)22-15(8)24-11)12-7-2-3-23-14(7)10(18)5-9(12)17;1-17-10-5-9(18-13(16)19-10)11-6-2-3-20-12(6)8(15)4-7(11)14/h6-7,22H,2-5H2,1H3,(H2,21,23,24);6-7H,2-5H2,1H3,(H2,21,22,23);3-4,7-8,20H,5-6H2,1-2H3,(H2,19,21,22);4-5H,1-3,19H2,(H2,20,21,22);4-5H,2-3H2,1H3,(H3,16,17,18,19). The zero-order valence-electron chi connectivity index (χ0n) is 64.4. The zero-order chi connectivity index (χ0) is 85.4. The molecule has 5 aromatic carbocycles. The molecular weight excluding hydrogens is 1800 g/mol. The minimum absolute atomic E-state index is 0.173. The van der Waals surface area contributed by atoms with Crippen molar-refractivity contribution >= 4 is 244 Å².